The second-order valence-corrected chi connectivity index (χ2v) is 10.3. The molecule has 0 atom stereocenters. The number of rotatable bonds is 5. The lowest BCUT2D eigenvalue weighted by Crippen LogP contribution is -2.37. The molecule has 2 aromatic carbocycles. The molecular formula is C28H26N4O3S. The lowest BCUT2D eigenvalue weighted by molar-refractivity contribution is 0.0932. The summed E-state index contributed by atoms with van der Waals surface area (Å²) in [6.45, 7) is 1.95. The highest BCUT2D eigenvalue weighted by molar-refractivity contribution is 7.21. The van der Waals surface area contributed by atoms with E-state index in [9.17, 15) is 9.59 Å². The molecule has 7 nitrogen and oxygen atoms in total. The highest BCUT2D eigenvalue weighted by Crippen LogP contribution is 2.46. The van der Waals surface area contributed by atoms with Gasteiger partial charge >= 0.3 is 6.03 Å². The van der Waals surface area contributed by atoms with Gasteiger partial charge in [-0.15, -0.1) is 11.3 Å². The largest absolute Gasteiger partial charge is 0.457 e. The molecule has 0 radical (unpaired) electrons. The van der Waals surface area contributed by atoms with Crippen molar-refractivity contribution in [3.63, 3.8) is 0 Å². The van der Waals surface area contributed by atoms with Crippen LogP contribution in [0.4, 0.5) is 21.9 Å². The molecule has 182 valence electrons. The predicted octanol–water partition coefficient (Wildman–Crippen LogP) is 7.14. The molecule has 0 spiro atoms. The van der Waals surface area contributed by atoms with E-state index in [0.717, 1.165) is 52.9 Å². The summed E-state index contributed by atoms with van der Waals surface area (Å²) >= 11 is 1.32. The van der Waals surface area contributed by atoms with Crippen molar-refractivity contribution in [2.75, 3.05) is 10.2 Å². The molecule has 1 aliphatic carbocycles. The van der Waals surface area contributed by atoms with Crippen LogP contribution in [0.3, 0.4) is 0 Å². The van der Waals surface area contributed by atoms with E-state index < -0.39 is 0 Å². The molecule has 2 N–H and O–H groups in total. The van der Waals surface area contributed by atoms with Crippen LogP contribution in [0.15, 0.2) is 60.8 Å². The van der Waals surface area contributed by atoms with Gasteiger partial charge in [-0.1, -0.05) is 37.5 Å². The van der Waals surface area contributed by atoms with Crippen molar-refractivity contribution in [3.05, 3.63) is 71.2 Å². The van der Waals surface area contributed by atoms with Crippen molar-refractivity contribution in [3.8, 4) is 11.5 Å². The topological polar surface area (TPSA) is 83.6 Å². The summed E-state index contributed by atoms with van der Waals surface area (Å²) in [7, 11) is 0. The first-order valence-electron chi connectivity index (χ1n) is 12.3. The van der Waals surface area contributed by atoms with Gasteiger partial charge in [0.15, 0.2) is 0 Å². The van der Waals surface area contributed by atoms with Crippen LogP contribution in [0, 0.1) is 6.92 Å². The number of pyridine rings is 1. The van der Waals surface area contributed by atoms with Gasteiger partial charge in [-0.3, -0.25) is 9.69 Å². The molecule has 36 heavy (non-hydrogen) atoms. The average molecular weight is 499 g/mol. The van der Waals surface area contributed by atoms with Gasteiger partial charge in [0.2, 0.25) is 0 Å². The molecule has 1 saturated carbocycles. The van der Waals surface area contributed by atoms with Crippen LogP contribution in [-0.2, 0) is 0 Å². The quantitative estimate of drug-likeness (QED) is 0.306. The van der Waals surface area contributed by atoms with Gasteiger partial charge in [-0.2, -0.15) is 0 Å². The third-order valence-electron chi connectivity index (χ3n) is 6.78. The fourth-order valence-corrected chi connectivity index (χ4v) is 6.07. The first-order chi connectivity index (χ1) is 17.6. The molecule has 0 bridgehead atoms. The summed E-state index contributed by atoms with van der Waals surface area (Å²) in [5, 5.41) is 6.95. The van der Waals surface area contributed by atoms with Crippen LogP contribution < -0.4 is 20.3 Å². The lowest BCUT2D eigenvalue weighted by atomic mass is 9.95. The Balaban J connectivity index is 1.34. The van der Waals surface area contributed by atoms with Crippen LogP contribution in [0.25, 0.3) is 10.2 Å². The number of hydrogen-bond donors (Lipinski definition) is 2. The van der Waals surface area contributed by atoms with Gasteiger partial charge in [-0.25, -0.2) is 9.78 Å². The lowest BCUT2D eigenvalue weighted by Gasteiger charge is -2.29. The zero-order valence-corrected chi connectivity index (χ0v) is 20.7. The number of thiophene rings is 1. The Morgan fingerprint density at radius 3 is 2.64 bits per heavy atom. The highest BCUT2D eigenvalue weighted by atomic mass is 32.1. The standard InChI is InChI=1S/C28H26N4O3S/c1-17-16-20(35-19-10-6-3-7-11-19)12-13-21(17)32-22-14-15-29-27-23(22)24(31-28(32)34)25(36-27)26(33)30-18-8-4-2-5-9-18/h3,6-7,10-16,18H,2,4-5,8-9H2,1H3,(H,30,33)(H,31,34). The van der Waals surface area contributed by atoms with Crippen molar-refractivity contribution in [2.45, 2.75) is 45.1 Å². The van der Waals surface area contributed by atoms with Crippen molar-refractivity contribution in [1.82, 2.24) is 10.3 Å². The molecule has 3 amide bonds. The minimum Gasteiger partial charge on any atom is -0.457 e. The molecule has 0 unspecified atom stereocenters. The fraction of sp³-hybridized carbons (Fsp3) is 0.250. The normalized spacial score (nSPS) is 15.6. The molecule has 1 fully saturated rings. The van der Waals surface area contributed by atoms with Gasteiger partial charge in [0.05, 0.1) is 22.4 Å². The third kappa shape index (κ3) is 4.07. The second-order valence-electron chi connectivity index (χ2n) is 9.25. The number of nitrogens with zero attached hydrogens (tertiary/aromatic N) is 2. The Bertz CT molecular complexity index is 1460. The van der Waals surface area contributed by atoms with Gasteiger partial charge < -0.3 is 15.4 Å². The number of ether oxygens (including phenoxy) is 1. The van der Waals surface area contributed by atoms with Gasteiger partial charge in [0.25, 0.3) is 5.91 Å². The molecule has 1 aliphatic heterocycles. The zero-order valence-electron chi connectivity index (χ0n) is 19.9. The first-order valence-corrected chi connectivity index (χ1v) is 13.1. The summed E-state index contributed by atoms with van der Waals surface area (Å²) in [6, 6.07) is 16.9. The van der Waals surface area contributed by atoms with Crippen molar-refractivity contribution >= 4 is 50.6 Å². The van der Waals surface area contributed by atoms with E-state index in [2.05, 4.69) is 15.6 Å². The van der Waals surface area contributed by atoms with Crippen LogP contribution in [0.1, 0.15) is 47.3 Å². The van der Waals surface area contributed by atoms with E-state index in [1.807, 2.05) is 61.5 Å². The maximum absolute atomic E-state index is 13.4. The van der Waals surface area contributed by atoms with Crippen LogP contribution in [0.2, 0.25) is 0 Å². The van der Waals surface area contributed by atoms with E-state index in [1.165, 1.54) is 17.8 Å². The number of amides is 3. The number of carbonyl (C=O) groups is 2. The first kappa shape index (κ1) is 22.5. The molecule has 2 aliphatic rings. The smallest absolute Gasteiger partial charge is 0.331 e. The van der Waals surface area contributed by atoms with E-state index in [-0.39, 0.29) is 18.0 Å². The van der Waals surface area contributed by atoms with E-state index >= 15 is 0 Å². The Morgan fingerprint density at radius 2 is 1.86 bits per heavy atom. The Labute approximate surface area is 213 Å². The minimum absolute atomic E-state index is 0.141. The number of anilines is 3. The Hall–Kier alpha value is -3.91. The van der Waals surface area contributed by atoms with E-state index in [0.29, 0.717) is 22.0 Å². The van der Waals surface area contributed by atoms with Crippen molar-refractivity contribution in [2.24, 2.45) is 0 Å². The van der Waals surface area contributed by atoms with Crippen LogP contribution in [-0.4, -0.2) is 23.0 Å². The third-order valence-corrected chi connectivity index (χ3v) is 7.88. The average Bonchev–Trinajstić information content (AvgIpc) is 3.26. The minimum atomic E-state index is -0.306. The maximum atomic E-state index is 13.4. The highest BCUT2D eigenvalue weighted by Gasteiger charge is 2.33. The van der Waals surface area contributed by atoms with Crippen molar-refractivity contribution in [1.29, 1.82) is 0 Å². The Kier molecular flexibility index (Phi) is 5.81. The van der Waals surface area contributed by atoms with Gasteiger partial charge in [0, 0.05) is 12.2 Å². The SMILES string of the molecule is Cc1cc(Oc2ccccc2)ccc1N1C(=O)Nc2c(C(=O)NC3CCCCC3)sc3nccc1c23. The van der Waals surface area contributed by atoms with Crippen LogP contribution >= 0.6 is 11.3 Å². The van der Waals surface area contributed by atoms with E-state index in [1.54, 1.807) is 11.1 Å². The molecule has 0 saturated heterocycles. The van der Waals surface area contributed by atoms with Gasteiger partial charge in [0.1, 0.15) is 21.2 Å². The molecule has 8 heteroatoms. The number of aromatic nitrogens is 1. The summed E-state index contributed by atoms with van der Waals surface area (Å²) in [6.07, 6.45) is 7.18. The monoisotopic (exact) mass is 498 g/mol. The maximum Gasteiger partial charge on any atom is 0.331 e. The van der Waals surface area contributed by atoms with E-state index in [4.69, 9.17) is 4.74 Å². The Morgan fingerprint density at radius 1 is 1.06 bits per heavy atom. The fourth-order valence-electron chi connectivity index (χ4n) is 5.05. The van der Waals surface area contributed by atoms with Crippen molar-refractivity contribution < 1.29 is 14.3 Å². The van der Waals surface area contributed by atoms with Gasteiger partial charge in [-0.05, 0) is 61.7 Å². The number of carbonyl (C=O) groups excluding carboxylic acids is 2. The number of para-hydroxylation sites is 1. The number of nitrogens with one attached hydrogen (secondary N) is 2. The van der Waals surface area contributed by atoms with Crippen LogP contribution in [0.5, 0.6) is 11.5 Å². The molecule has 6 rings (SSSR count). The molecule has 4 aromatic rings. The zero-order chi connectivity index (χ0) is 24.6. The summed E-state index contributed by atoms with van der Waals surface area (Å²) < 4.78 is 5.96. The predicted molar refractivity (Wildman–Crippen MR) is 143 cm³/mol. The number of benzene rings is 2. The second kappa shape index (κ2) is 9.28. The molecule has 2 aromatic heterocycles. The summed E-state index contributed by atoms with van der Waals surface area (Å²) in [5.41, 5.74) is 2.89. The number of urea groups is 1. The number of hydrogen-bond acceptors (Lipinski definition) is 5. The molecular weight excluding hydrogens is 472 g/mol. The molecule has 3 heterocycles. The number of aryl methyl sites for hydroxylation is 1. The summed E-state index contributed by atoms with van der Waals surface area (Å²) in [5.74, 6) is 1.30. The summed E-state index contributed by atoms with van der Waals surface area (Å²) in [4.78, 5) is 34.0.